The Kier molecular flexibility index (Phi) is 3.56. The quantitative estimate of drug-likeness (QED) is 0.923. The normalized spacial score (nSPS) is 15.4. The summed E-state index contributed by atoms with van der Waals surface area (Å²) in [7, 11) is 0. The van der Waals surface area contributed by atoms with Crippen LogP contribution in [0.15, 0.2) is 12.1 Å². The first kappa shape index (κ1) is 13.6. The molecule has 1 fully saturated rings. The van der Waals surface area contributed by atoms with Crippen LogP contribution in [0.2, 0.25) is 5.02 Å². The van der Waals surface area contributed by atoms with E-state index in [1.807, 2.05) is 4.57 Å². The van der Waals surface area contributed by atoms with Crippen LogP contribution in [0.3, 0.4) is 0 Å². The van der Waals surface area contributed by atoms with E-state index in [0.717, 1.165) is 31.2 Å². The molecule has 1 aliphatic carbocycles. The van der Waals surface area contributed by atoms with Crippen LogP contribution in [0.25, 0.3) is 11.0 Å². The molecule has 2 N–H and O–H groups in total. The third-order valence-corrected chi connectivity index (χ3v) is 4.19. The predicted molar refractivity (Wildman–Crippen MR) is 79.4 cm³/mol. The number of nitrogen functional groups attached to an aromatic ring is 1. The van der Waals surface area contributed by atoms with E-state index in [4.69, 9.17) is 17.3 Å². The molecular formula is C14H18ClFN4. The largest absolute Gasteiger partial charge is 0.369 e. The highest BCUT2D eigenvalue weighted by molar-refractivity contribution is 6.31. The third-order valence-electron chi connectivity index (χ3n) is 3.90. The van der Waals surface area contributed by atoms with Crippen molar-refractivity contribution in [3.05, 3.63) is 23.0 Å². The maximum Gasteiger partial charge on any atom is 0.201 e. The van der Waals surface area contributed by atoms with Crippen molar-refractivity contribution in [2.75, 3.05) is 18.8 Å². The molecule has 0 spiro atoms. The van der Waals surface area contributed by atoms with Crippen molar-refractivity contribution in [3.8, 4) is 0 Å². The van der Waals surface area contributed by atoms with Crippen molar-refractivity contribution in [1.29, 1.82) is 0 Å². The fourth-order valence-electron chi connectivity index (χ4n) is 2.64. The lowest BCUT2D eigenvalue weighted by Crippen LogP contribution is -2.29. The van der Waals surface area contributed by atoms with E-state index in [0.29, 0.717) is 11.5 Å². The van der Waals surface area contributed by atoms with Crippen LogP contribution in [0, 0.1) is 5.82 Å². The van der Waals surface area contributed by atoms with Gasteiger partial charge in [-0.25, -0.2) is 9.37 Å². The van der Waals surface area contributed by atoms with Gasteiger partial charge in [0.2, 0.25) is 5.95 Å². The Balaban J connectivity index is 1.86. The molecule has 0 radical (unpaired) electrons. The first-order valence-corrected chi connectivity index (χ1v) is 7.32. The van der Waals surface area contributed by atoms with Crippen molar-refractivity contribution < 1.29 is 4.39 Å². The molecule has 2 aromatic rings. The predicted octanol–water partition coefficient (Wildman–Crippen LogP) is 2.90. The van der Waals surface area contributed by atoms with Gasteiger partial charge in [0.15, 0.2) is 0 Å². The number of aromatic nitrogens is 2. The summed E-state index contributed by atoms with van der Waals surface area (Å²) in [4.78, 5) is 6.64. The van der Waals surface area contributed by atoms with Gasteiger partial charge in [-0.05, 0) is 25.5 Å². The summed E-state index contributed by atoms with van der Waals surface area (Å²) in [5.41, 5.74) is 7.29. The molecule has 108 valence electrons. The van der Waals surface area contributed by atoms with Crippen LogP contribution in [-0.4, -0.2) is 33.6 Å². The molecule has 0 unspecified atom stereocenters. The highest BCUT2D eigenvalue weighted by Gasteiger charge is 2.27. The molecule has 0 amide bonds. The standard InChI is InChI=1S/C14H18ClFN4/c1-2-19(9-3-4-9)5-6-20-13-7-10(15)11(16)8-12(13)18-14(20)17/h7-9H,2-6H2,1H3,(H2,17,18). The fraction of sp³-hybridized carbons (Fsp3) is 0.500. The van der Waals surface area contributed by atoms with Crippen LogP contribution >= 0.6 is 11.6 Å². The number of halogens is 2. The van der Waals surface area contributed by atoms with Crippen molar-refractivity contribution in [2.45, 2.75) is 32.4 Å². The summed E-state index contributed by atoms with van der Waals surface area (Å²) in [6, 6.07) is 3.66. The Labute approximate surface area is 122 Å². The molecule has 1 aliphatic rings. The van der Waals surface area contributed by atoms with E-state index in [2.05, 4.69) is 16.8 Å². The number of anilines is 1. The maximum absolute atomic E-state index is 13.4. The van der Waals surface area contributed by atoms with Gasteiger partial charge < -0.3 is 10.3 Å². The van der Waals surface area contributed by atoms with Crippen LogP contribution in [-0.2, 0) is 6.54 Å². The van der Waals surface area contributed by atoms with Crippen LogP contribution in [0.1, 0.15) is 19.8 Å². The first-order chi connectivity index (χ1) is 9.60. The molecule has 6 heteroatoms. The van der Waals surface area contributed by atoms with Crippen molar-refractivity contribution >= 4 is 28.6 Å². The second-order valence-corrected chi connectivity index (χ2v) is 5.64. The minimum absolute atomic E-state index is 0.105. The SMILES string of the molecule is CCN(CCn1c(N)nc2cc(F)c(Cl)cc21)C1CC1. The number of hydrogen-bond acceptors (Lipinski definition) is 3. The van der Waals surface area contributed by atoms with E-state index in [-0.39, 0.29) is 5.02 Å². The Morgan fingerprint density at radius 3 is 2.90 bits per heavy atom. The third kappa shape index (κ3) is 2.47. The summed E-state index contributed by atoms with van der Waals surface area (Å²) >= 11 is 5.85. The Bertz CT molecular complexity index is 636. The summed E-state index contributed by atoms with van der Waals surface area (Å²) in [5, 5.41) is 0.105. The minimum Gasteiger partial charge on any atom is -0.369 e. The lowest BCUT2D eigenvalue weighted by molar-refractivity contribution is 0.268. The van der Waals surface area contributed by atoms with Crippen LogP contribution in [0.5, 0.6) is 0 Å². The average Bonchev–Trinajstić information content (AvgIpc) is 3.19. The van der Waals surface area contributed by atoms with Gasteiger partial charge in [0.1, 0.15) is 5.82 Å². The molecule has 1 heterocycles. The Morgan fingerprint density at radius 1 is 1.50 bits per heavy atom. The highest BCUT2D eigenvalue weighted by atomic mass is 35.5. The lowest BCUT2D eigenvalue weighted by atomic mass is 10.3. The van der Waals surface area contributed by atoms with Crippen LogP contribution in [0.4, 0.5) is 10.3 Å². The van der Waals surface area contributed by atoms with Gasteiger partial charge in [-0.15, -0.1) is 0 Å². The van der Waals surface area contributed by atoms with E-state index in [1.54, 1.807) is 6.07 Å². The maximum atomic E-state index is 13.4. The molecule has 4 nitrogen and oxygen atoms in total. The molecule has 3 rings (SSSR count). The first-order valence-electron chi connectivity index (χ1n) is 6.95. The number of nitrogens with zero attached hydrogens (tertiary/aromatic N) is 3. The molecule has 20 heavy (non-hydrogen) atoms. The van der Waals surface area contributed by atoms with Gasteiger partial charge in [-0.2, -0.15) is 0 Å². The van der Waals surface area contributed by atoms with E-state index in [9.17, 15) is 4.39 Å². The van der Waals surface area contributed by atoms with Gasteiger partial charge in [-0.3, -0.25) is 4.90 Å². The Hall–Kier alpha value is -1.33. The highest BCUT2D eigenvalue weighted by Crippen LogP contribution is 2.28. The second kappa shape index (κ2) is 5.22. The summed E-state index contributed by atoms with van der Waals surface area (Å²) in [6.07, 6.45) is 2.57. The molecule has 0 saturated heterocycles. The smallest absolute Gasteiger partial charge is 0.201 e. The van der Waals surface area contributed by atoms with Crippen molar-refractivity contribution in [3.63, 3.8) is 0 Å². The minimum atomic E-state index is -0.461. The molecular weight excluding hydrogens is 279 g/mol. The number of nitrogens with two attached hydrogens (primary N) is 1. The van der Waals surface area contributed by atoms with Crippen molar-refractivity contribution in [1.82, 2.24) is 14.5 Å². The van der Waals surface area contributed by atoms with Crippen LogP contribution < -0.4 is 5.73 Å². The summed E-state index contributed by atoms with van der Waals surface area (Å²) < 4.78 is 15.4. The molecule has 1 aromatic carbocycles. The zero-order valence-electron chi connectivity index (χ0n) is 11.4. The van der Waals surface area contributed by atoms with E-state index >= 15 is 0 Å². The topological polar surface area (TPSA) is 47.1 Å². The number of imidazole rings is 1. The number of fused-ring (bicyclic) bond motifs is 1. The van der Waals surface area contributed by atoms with E-state index in [1.165, 1.54) is 18.9 Å². The molecule has 1 saturated carbocycles. The zero-order chi connectivity index (χ0) is 14.3. The second-order valence-electron chi connectivity index (χ2n) is 5.24. The Morgan fingerprint density at radius 2 is 2.25 bits per heavy atom. The molecule has 0 bridgehead atoms. The monoisotopic (exact) mass is 296 g/mol. The zero-order valence-corrected chi connectivity index (χ0v) is 12.2. The van der Waals surface area contributed by atoms with Crippen molar-refractivity contribution in [2.24, 2.45) is 0 Å². The average molecular weight is 297 g/mol. The van der Waals surface area contributed by atoms with Gasteiger partial charge in [0.25, 0.3) is 0 Å². The van der Waals surface area contributed by atoms with Gasteiger partial charge >= 0.3 is 0 Å². The summed E-state index contributed by atoms with van der Waals surface area (Å²) in [6.45, 7) is 4.87. The van der Waals surface area contributed by atoms with Gasteiger partial charge in [0.05, 0.1) is 16.1 Å². The number of rotatable bonds is 5. The molecule has 1 aromatic heterocycles. The molecule has 0 atom stereocenters. The summed E-state index contributed by atoms with van der Waals surface area (Å²) in [5.74, 6) is -0.0505. The van der Waals surface area contributed by atoms with Gasteiger partial charge in [-0.1, -0.05) is 18.5 Å². The number of hydrogen-bond donors (Lipinski definition) is 1. The lowest BCUT2D eigenvalue weighted by Gasteiger charge is -2.20. The molecule has 0 aliphatic heterocycles. The number of likely N-dealkylation sites (N-methyl/N-ethyl adjacent to an activating group) is 1. The van der Waals surface area contributed by atoms with Gasteiger partial charge in [0, 0.05) is 25.2 Å². The number of benzene rings is 1. The van der Waals surface area contributed by atoms with E-state index < -0.39 is 5.82 Å². The fourth-order valence-corrected chi connectivity index (χ4v) is 2.80.